The predicted molar refractivity (Wildman–Crippen MR) is 105 cm³/mol. The van der Waals surface area contributed by atoms with Gasteiger partial charge in [-0.2, -0.15) is 0 Å². The van der Waals surface area contributed by atoms with Crippen LogP contribution in [0.4, 0.5) is 0 Å². The first-order valence-corrected chi connectivity index (χ1v) is 10.3. The molecule has 0 radical (unpaired) electrons. The van der Waals surface area contributed by atoms with E-state index in [2.05, 4.69) is 39.4 Å². The van der Waals surface area contributed by atoms with Crippen molar-refractivity contribution < 1.29 is 9.84 Å². The first kappa shape index (κ1) is 18.4. The van der Waals surface area contributed by atoms with Gasteiger partial charge in [0.15, 0.2) is 5.16 Å². The maximum atomic E-state index is 10.4. The Morgan fingerprint density at radius 1 is 1.30 bits per heavy atom. The van der Waals surface area contributed by atoms with Crippen molar-refractivity contribution in [2.75, 3.05) is 12.4 Å². The molecule has 0 aliphatic heterocycles. The van der Waals surface area contributed by atoms with Gasteiger partial charge in [-0.05, 0) is 50.3 Å². The third-order valence-corrected chi connectivity index (χ3v) is 5.95. The predicted octanol–water partition coefficient (Wildman–Crippen LogP) is 3.29. The van der Waals surface area contributed by atoms with Crippen LogP contribution in [0.5, 0.6) is 0 Å². The number of hydrogen-bond donors (Lipinski definition) is 1. The Morgan fingerprint density at radius 3 is 3.04 bits per heavy atom. The number of aliphatic hydroxyl groups excluding tert-OH is 1. The number of aliphatic hydroxyl groups is 1. The molecule has 0 bridgehead atoms. The molecule has 2 aromatic heterocycles. The third kappa shape index (κ3) is 4.00. The smallest absolute Gasteiger partial charge is 0.256 e. The summed E-state index contributed by atoms with van der Waals surface area (Å²) in [6.07, 6.45) is 2.77. The average Bonchev–Trinajstić information content (AvgIpc) is 3.07. The molecular formula is C20H24N4O2S. The minimum atomic E-state index is -0.560. The summed E-state index contributed by atoms with van der Waals surface area (Å²) < 4.78 is 7.97. The SMILES string of the molecule is Cc1cc(C)n2c(SC[C@@H](O)CO[C@H]3CCCc4ccccc43)nnc2n1. The lowest BCUT2D eigenvalue weighted by atomic mass is 9.89. The van der Waals surface area contributed by atoms with E-state index in [1.165, 1.54) is 22.9 Å². The van der Waals surface area contributed by atoms with E-state index in [4.69, 9.17) is 4.74 Å². The molecule has 0 unspecified atom stereocenters. The standard InChI is InChI=1S/C20H24N4O2S/c1-13-10-14(2)24-19(21-13)22-23-20(24)27-12-16(25)11-26-18-9-5-7-15-6-3-4-8-17(15)18/h3-4,6,8,10,16,18,25H,5,7,9,11-12H2,1-2H3/t16-,18-/m0/s1. The summed E-state index contributed by atoms with van der Waals surface area (Å²) >= 11 is 1.48. The zero-order valence-electron chi connectivity index (χ0n) is 15.6. The van der Waals surface area contributed by atoms with E-state index in [1.54, 1.807) is 0 Å². The number of aryl methyl sites for hydroxylation is 3. The molecule has 2 atom stereocenters. The van der Waals surface area contributed by atoms with Gasteiger partial charge in [-0.25, -0.2) is 4.98 Å². The highest BCUT2D eigenvalue weighted by Crippen LogP contribution is 2.32. The van der Waals surface area contributed by atoms with Gasteiger partial charge in [0.05, 0.1) is 18.8 Å². The maximum Gasteiger partial charge on any atom is 0.256 e. The normalized spacial score (nSPS) is 17.8. The highest BCUT2D eigenvalue weighted by atomic mass is 32.2. The summed E-state index contributed by atoms with van der Waals surface area (Å²) in [4.78, 5) is 4.39. The largest absolute Gasteiger partial charge is 0.390 e. The molecule has 142 valence electrons. The molecule has 0 saturated heterocycles. The summed E-state index contributed by atoms with van der Waals surface area (Å²) in [5, 5.41) is 19.5. The van der Waals surface area contributed by atoms with Gasteiger partial charge in [0.2, 0.25) is 0 Å². The van der Waals surface area contributed by atoms with Crippen LogP contribution in [0.2, 0.25) is 0 Å². The monoisotopic (exact) mass is 384 g/mol. The van der Waals surface area contributed by atoms with Crippen molar-refractivity contribution in [3.05, 3.63) is 52.8 Å². The van der Waals surface area contributed by atoms with Crippen molar-refractivity contribution in [2.45, 2.75) is 50.5 Å². The molecule has 0 spiro atoms. The van der Waals surface area contributed by atoms with Crippen molar-refractivity contribution >= 4 is 17.5 Å². The van der Waals surface area contributed by atoms with Crippen LogP contribution >= 0.6 is 11.8 Å². The second-order valence-electron chi connectivity index (χ2n) is 7.03. The highest BCUT2D eigenvalue weighted by molar-refractivity contribution is 7.99. The van der Waals surface area contributed by atoms with Crippen LogP contribution < -0.4 is 0 Å². The molecule has 3 aromatic rings. The van der Waals surface area contributed by atoms with Gasteiger partial charge in [-0.15, -0.1) is 10.2 Å². The minimum Gasteiger partial charge on any atom is -0.390 e. The number of nitrogens with zero attached hydrogens (tertiary/aromatic N) is 4. The Bertz CT molecular complexity index is 943. The Hall–Kier alpha value is -1.96. The Labute approximate surface area is 163 Å². The zero-order valence-corrected chi connectivity index (χ0v) is 16.4. The topological polar surface area (TPSA) is 72.5 Å². The van der Waals surface area contributed by atoms with E-state index in [9.17, 15) is 5.11 Å². The van der Waals surface area contributed by atoms with Gasteiger partial charge in [0.1, 0.15) is 0 Å². The van der Waals surface area contributed by atoms with Crippen LogP contribution in [0, 0.1) is 13.8 Å². The van der Waals surface area contributed by atoms with Crippen LogP contribution in [0.3, 0.4) is 0 Å². The van der Waals surface area contributed by atoms with Crippen molar-refractivity contribution in [1.29, 1.82) is 0 Å². The van der Waals surface area contributed by atoms with Crippen molar-refractivity contribution in [1.82, 2.24) is 19.6 Å². The molecule has 1 aliphatic rings. The number of hydrogen-bond acceptors (Lipinski definition) is 6. The zero-order chi connectivity index (χ0) is 18.8. The third-order valence-electron chi connectivity index (χ3n) is 4.87. The molecule has 1 N–H and O–H groups in total. The maximum absolute atomic E-state index is 10.4. The first-order chi connectivity index (χ1) is 13.1. The lowest BCUT2D eigenvalue weighted by Crippen LogP contribution is -2.22. The summed E-state index contributed by atoms with van der Waals surface area (Å²) in [6, 6.07) is 10.4. The number of aromatic nitrogens is 4. The number of benzene rings is 1. The summed E-state index contributed by atoms with van der Waals surface area (Å²) in [5.41, 5.74) is 4.59. The highest BCUT2D eigenvalue weighted by Gasteiger charge is 2.21. The van der Waals surface area contributed by atoms with E-state index in [0.29, 0.717) is 18.1 Å². The van der Waals surface area contributed by atoms with Gasteiger partial charge in [0.25, 0.3) is 5.78 Å². The second-order valence-corrected chi connectivity index (χ2v) is 8.02. The van der Waals surface area contributed by atoms with Gasteiger partial charge < -0.3 is 9.84 Å². The van der Waals surface area contributed by atoms with E-state index in [0.717, 1.165) is 35.8 Å². The minimum absolute atomic E-state index is 0.0814. The van der Waals surface area contributed by atoms with Crippen LogP contribution in [-0.2, 0) is 11.2 Å². The summed E-state index contributed by atoms with van der Waals surface area (Å²) in [6.45, 7) is 4.27. The quantitative estimate of drug-likeness (QED) is 0.658. The van der Waals surface area contributed by atoms with E-state index in [-0.39, 0.29) is 6.10 Å². The van der Waals surface area contributed by atoms with E-state index >= 15 is 0 Å². The van der Waals surface area contributed by atoms with Gasteiger partial charge in [-0.1, -0.05) is 36.0 Å². The molecule has 7 heteroatoms. The fourth-order valence-electron chi connectivity index (χ4n) is 3.62. The molecule has 0 fully saturated rings. The Kier molecular flexibility index (Phi) is 5.43. The van der Waals surface area contributed by atoms with E-state index in [1.807, 2.05) is 24.3 Å². The molecule has 0 saturated carbocycles. The van der Waals surface area contributed by atoms with Crippen LogP contribution in [0.1, 0.15) is 41.5 Å². The molecule has 2 heterocycles. The van der Waals surface area contributed by atoms with E-state index < -0.39 is 6.10 Å². The van der Waals surface area contributed by atoms with Crippen LogP contribution in [-0.4, -0.2) is 43.2 Å². The number of ether oxygens (including phenoxy) is 1. The number of rotatable bonds is 6. The number of thioether (sulfide) groups is 1. The second kappa shape index (κ2) is 7.96. The van der Waals surface area contributed by atoms with Gasteiger partial charge in [-0.3, -0.25) is 4.40 Å². The molecule has 6 nitrogen and oxygen atoms in total. The van der Waals surface area contributed by atoms with Crippen LogP contribution in [0.15, 0.2) is 35.5 Å². The molecule has 1 aromatic carbocycles. The molecular weight excluding hydrogens is 360 g/mol. The van der Waals surface area contributed by atoms with Gasteiger partial charge >= 0.3 is 0 Å². The summed E-state index contributed by atoms with van der Waals surface area (Å²) in [7, 11) is 0. The molecule has 0 amide bonds. The van der Waals surface area contributed by atoms with Crippen LogP contribution in [0.25, 0.3) is 5.78 Å². The van der Waals surface area contributed by atoms with Crippen molar-refractivity contribution in [3.8, 4) is 0 Å². The first-order valence-electron chi connectivity index (χ1n) is 9.31. The summed E-state index contributed by atoms with van der Waals surface area (Å²) in [5.74, 6) is 1.10. The lowest BCUT2D eigenvalue weighted by molar-refractivity contribution is -0.00960. The fraction of sp³-hybridized carbons (Fsp3) is 0.450. The number of fused-ring (bicyclic) bond motifs is 2. The van der Waals surface area contributed by atoms with Crippen molar-refractivity contribution in [3.63, 3.8) is 0 Å². The molecule has 1 aliphatic carbocycles. The van der Waals surface area contributed by atoms with Gasteiger partial charge in [0, 0.05) is 17.1 Å². The van der Waals surface area contributed by atoms with Crippen molar-refractivity contribution in [2.24, 2.45) is 0 Å². The lowest BCUT2D eigenvalue weighted by Gasteiger charge is -2.26. The average molecular weight is 385 g/mol. The molecule has 4 rings (SSSR count). The Morgan fingerprint density at radius 2 is 2.15 bits per heavy atom. The molecule has 27 heavy (non-hydrogen) atoms. The fourth-order valence-corrected chi connectivity index (χ4v) is 4.51. The Balaban J connectivity index is 1.35.